The molecule has 5 nitrogen and oxygen atoms in total. The molecule has 0 aliphatic carbocycles. The van der Waals surface area contributed by atoms with Crippen LogP contribution in [0.5, 0.6) is 0 Å². The van der Waals surface area contributed by atoms with Crippen LogP contribution in [-0.4, -0.2) is 47.0 Å². The lowest BCUT2D eigenvalue weighted by Gasteiger charge is -2.25. The van der Waals surface area contributed by atoms with Gasteiger partial charge in [0.05, 0.1) is 0 Å². The van der Waals surface area contributed by atoms with E-state index >= 15 is 0 Å². The van der Waals surface area contributed by atoms with Crippen LogP contribution in [0.15, 0.2) is 15.7 Å². The van der Waals surface area contributed by atoms with E-state index in [1.807, 2.05) is 45.3 Å². The fourth-order valence-electron chi connectivity index (χ4n) is 1.83. The lowest BCUT2D eigenvalue weighted by atomic mass is 10.1. The largest absolute Gasteiger partial charge is 0.316 e. The molecular formula is C13H25N3O2S2. The number of thiophene rings is 1. The third-order valence-corrected chi connectivity index (χ3v) is 5.93. The molecule has 0 spiro atoms. The standard InChI is InChI=1S/C13H25N3O2S2/c1-10(2)12(8-16(4)5)15-20(17,18)13-6-11(7-14-3)9-19-13/h6,9-10,12,14-15H,7-8H2,1-5H3. The van der Waals surface area contributed by atoms with Crippen LogP contribution >= 0.6 is 11.3 Å². The average molecular weight is 319 g/mol. The number of hydrogen-bond donors (Lipinski definition) is 2. The van der Waals surface area contributed by atoms with Crippen molar-refractivity contribution >= 4 is 21.4 Å². The molecule has 1 rings (SSSR count). The van der Waals surface area contributed by atoms with Gasteiger partial charge in [0.2, 0.25) is 10.0 Å². The summed E-state index contributed by atoms with van der Waals surface area (Å²) in [6.07, 6.45) is 0. The Balaban J connectivity index is 2.85. The molecule has 1 atom stereocenters. The van der Waals surface area contributed by atoms with Crippen LogP contribution in [-0.2, 0) is 16.6 Å². The Morgan fingerprint density at radius 2 is 2.00 bits per heavy atom. The van der Waals surface area contributed by atoms with E-state index in [9.17, 15) is 8.42 Å². The van der Waals surface area contributed by atoms with Crippen LogP contribution in [0.3, 0.4) is 0 Å². The molecule has 1 aromatic rings. The highest BCUT2D eigenvalue weighted by Gasteiger charge is 2.24. The van der Waals surface area contributed by atoms with Gasteiger partial charge in [-0.25, -0.2) is 13.1 Å². The number of sulfonamides is 1. The molecule has 0 amide bonds. The van der Waals surface area contributed by atoms with Gasteiger partial charge in [0.25, 0.3) is 0 Å². The molecular weight excluding hydrogens is 294 g/mol. The van der Waals surface area contributed by atoms with Crippen LogP contribution in [0, 0.1) is 5.92 Å². The summed E-state index contributed by atoms with van der Waals surface area (Å²) in [7, 11) is 2.30. The molecule has 0 fully saturated rings. The molecule has 0 radical (unpaired) electrons. The second kappa shape index (κ2) is 7.51. The molecule has 1 heterocycles. The second-order valence-corrected chi connectivity index (χ2v) is 8.39. The van der Waals surface area contributed by atoms with Crippen molar-refractivity contribution in [2.75, 3.05) is 27.7 Å². The van der Waals surface area contributed by atoms with Crippen molar-refractivity contribution in [3.05, 3.63) is 17.0 Å². The van der Waals surface area contributed by atoms with Crippen LogP contribution < -0.4 is 10.0 Å². The van der Waals surface area contributed by atoms with Crippen molar-refractivity contribution in [1.82, 2.24) is 14.9 Å². The minimum atomic E-state index is -3.43. The molecule has 2 N–H and O–H groups in total. The third kappa shape index (κ3) is 5.14. The molecule has 0 aromatic carbocycles. The van der Waals surface area contributed by atoms with E-state index in [2.05, 4.69) is 10.0 Å². The molecule has 0 aliphatic heterocycles. The van der Waals surface area contributed by atoms with E-state index in [0.717, 1.165) is 5.56 Å². The van der Waals surface area contributed by atoms with Crippen molar-refractivity contribution in [3.8, 4) is 0 Å². The Hall–Kier alpha value is -0.470. The maximum atomic E-state index is 12.4. The van der Waals surface area contributed by atoms with Crippen molar-refractivity contribution in [3.63, 3.8) is 0 Å². The monoisotopic (exact) mass is 319 g/mol. The molecule has 0 saturated carbocycles. The molecule has 116 valence electrons. The number of hydrogen-bond acceptors (Lipinski definition) is 5. The Bertz CT molecular complexity index is 509. The maximum absolute atomic E-state index is 12.4. The number of nitrogens with one attached hydrogen (secondary N) is 2. The van der Waals surface area contributed by atoms with E-state index in [-0.39, 0.29) is 12.0 Å². The van der Waals surface area contributed by atoms with Crippen molar-refractivity contribution in [2.24, 2.45) is 5.92 Å². The lowest BCUT2D eigenvalue weighted by molar-refractivity contribution is 0.314. The summed E-state index contributed by atoms with van der Waals surface area (Å²) in [5.74, 6) is 0.240. The highest BCUT2D eigenvalue weighted by Crippen LogP contribution is 2.21. The summed E-state index contributed by atoms with van der Waals surface area (Å²) < 4.78 is 28.0. The molecule has 0 aliphatic rings. The summed E-state index contributed by atoms with van der Waals surface area (Å²) >= 11 is 1.26. The minimum Gasteiger partial charge on any atom is -0.316 e. The zero-order valence-electron chi connectivity index (χ0n) is 12.8. The van der Waals surface area contributed by atoms with E-state index in [1.54, 1.807) is 6.07 Å². The summed E-state index contributed by atoms with van der Waals surface area (Å²) in [5.41, 5.74) is 0.992. The maximum Gasteiger partial charge on any atom is 0.250 e. The fourth-order valence-corrected chi connectivity index (χ4v) is 4.43. The third-order valence-electron chi connectivity index (χ3n) is 2.95. The molecule has 0 bridgehead atoms. The fraction of sp³-hybridized carbons (Fsp3) is 0.692. The predicted octanol–water partition coefficient (Wildman–Crippen LogP) is 1.33. The normalized spacial score (nSPS) is 14.2. The first-order valence-corrected chi connectivity index (χ1v) is 9.01. The zero-order chi connectivity index (χ0) is 15.3. The van der Waals surface area contributed by atoms with Gasteiger partial charge in [-0.3, -0.25) is 0 Å². The van der Waals surface area contributed by atoms with Gasteiger partial charge < -0.3 is 10.2 Å². The van der Waals surface area contributed by atoms with E-state index in [1.165, 1.54) is 11.3 Å². The van der Waals surface area contributed by atoms with Crippen molar-refractivity contribution < 1.29 is 8.42 Å². The number of rotatable bonds is 8. The highest BCUT2D eigenvalue weighted by molar-refractivity contribution is 7.91. The van der Waals surface area contributed by atoms with E-state index < -0.39 is 10.0 Å². The van der Waals surface area contributed by atoms with Gasteiger partial charge in [-0.05, 0) is 44.1 Å². The van der Waals surface area contributed by atoms with Gasteiger partial charge in [0.15, 0.2) is 0 Å². The van der Waals surface area contributed by atoms with Crippen LogP contribution in [0.25, 0.3) is 0 Å². The van der Waals surface area contributed by atoms with Gasteiger partial charge in [-0.15, -0.1) is 11.3 Å². The first kappa shape index (κ1) is 17.6. The Labute approximate surface area is 126 Å². The first-order valence-electron chi connectivity index (χ1n) is 6.65. The summed E-state index contributed by atoms with van der Waals surface area (Å²) in [6.45, 7) is 5.41. The predicted molar refractivity (Wildman–Crippen MR) is 84.6 cm³/mol. The molecule has 7 heteroatoms. The van der Waals surface area contributed by atoms with Gasteiger partial charge >= 0.3 is 0 Å². The first-order chi connectivity index (χ1) is 9.26. The van der Waals surface area contributed by atoms with Crippen LogP contribution in [0.1, 0.15) is 19.4 Å². The quantitative estimate of drug-likeness (QED) is 0.759. The minimum absolute atomic E-state index is 0.0927. The topological polar surface area (TPSA) is 61.4 Å². The van der Waals surface area contributed by atoms with E-state index in [0.29, 0.717) is 17.3 Å². The highest BCUT2D eigenvalue weighted by atomic mass is 32.2. The van der Waals surface area contributed by atoms with Gasteiger partial charge in [0.1, 0.15) is 4.21 Å². The SMILES string of the molecule is CNCc1csc(S(=O)(=O)NC(CN(C)C)C(C)C)c1. The van der Waals surface area contributed by atoms with Crippen LogP contribution in [0.2, 0.25) is 0 Å². The molecule has 0 saturated heterocycles. The van der Waals surface area contributed by atoms with Gasteiger partial charge in [0, 0.05) is 19.1 Å². The van der Waals surface area contributed by atoms with E-state index in [4.69, 9.17) is 0 Å². The summed E-state index contributed by atoms with van der Waals surface area (Å²) in [5, 5.41) is 4.90. The smallest absolute Gasteiger partial charge is 0.250 e. The average Bonchev–Trinajstić information content (AvgIpc) is 2.77. The van der Waals surface area contributed by atoms with Crippen molar-refractivity contribution in [2.45, 2.75) is 30.6 Å². The van der Waals surface area contributed by atoms with Gasteiger partial charge in [-0.2, -0.15) is 0 Å². The van der Waals surface area contributed by atoms with Gasteiger partial charge in [-0.1, -0.05) is 13.8 Å². The summed E-state index contributed by atoms with van der Waals surface area (Å²) in [6, 6.07) is 1.64. The van der Waals surface area contributed by atoms with Crippen LogP contribution in [0.4, 0.5) is 0 Å². The molecule has 20 heavy (non-hydrogen) atoms. The number of likely N-dealkylation sites (N-methyl/N-ethyl adjacent to an activating group) is 1. The Kier molecular flexibility index (Phi) is 6.60. The zero-order valence-corrected chi connectivity index (χ0v) is 14.4. The lowest BCUT2D eigenvalue weighted by Crippen LogP contribution is -2.44. The Morgan fingerprint density at radius 3 is 2.50 bits per heavy atom. The molecule has 1 unspecified atom stereocenters. The summed E-state index contributed by atoms with van der Waals surface area (Å²) in [4.78, 5) is 1.99. The molecule has 1 aromatic heterocycles. The number of nitrogens with zero attached hydrogens (tertiary/aromatic N) is 1. The Morgan fingerprint density at radius 1 is 1.35 bits per heavy atom. The van der Waals surface area contributed by atoms with Crippen molar-refractivity contribution in [1.29, 1.82) is 0 Å². The second-order valence-electron chi connectivity index (χ2n) is 5.54.